The fourth-order valence-electron chi connectivity index (χ4n) is 2.15. The average Bonchev–Trinajstić information content (AvgIpc) is 2.56. The predicted molar refractivity (Wildman–Crippen MR) is 85.9 cm³/mol. The van der Waals surface area contributed by atoms with Crippen LogP contribution >= 0.6 is 11.6 Å². The van der Waals surface area contributed by atoms with Crippen LogP contribution in [-0.2, 0) is 4.79 Å². The van der Waals surface area contributed by atoms with Gasteiger partial charge >= 0.3 is 0 Å². The van der Waals surface area contributed by atoms with Gasteiger partial charge in [0.15, 0.2) is 23.1 Å². The zero-order chi connectivity index (χ0) is 17.1. The largest absolute Gasteiger partial charge is 0.486 e. The summed E-state index contributed by atoms with van der Waals surface area (Å²) in [5, 5.41) is 5.69. The third-order valence-electron chi connectivity index (χ3n) is 3.27. The molecule has 0 fully saturated rings. The lowest BCUT2D eigenvalue weighted by Crippen LogP contribution is -2.22. The Morgan fingerprint density at radius 1 is 1.08 bits per heavy atom. The average molecular weight is 355 g/mol. The Kier molecular flexibility index (Phi) is 4.71. The first-order valence-corrected chi connectivity index (χ1v) is 7.48. The molecule has 8 heteroatoms. The number of fused-ring (bicyclic) bond motifs is 1. The number of ether oxygens (including phenoxy) is 2. The Balaban J connectivity index is 1.62. The summed E-state index contributed by atoms with van der Waals surface area (Å²) in [6.45, 7) is 0.774. The molecule has 2 aromatic carbocycles. The third kappa shape index (κ3) is 3.68. The van der Waals surface area contributed by atoms with Crippen molar-refractivity contribution in [2.45, 2.75) is 0 Å². The van der Waals surface area contributed by atoms with E-state index >= 15 is 0 Å². The van der Waals surface area contributed by atoms with Gasteiger partial charge < -0.3 is 20.1 Å². The topological polar surface area (TPSA) is 59.6 Å². The number of nitrogens with one attached hydrogen (secondary N) is 2. The summed E-state index contributed by atoms with van der Waals surface area (Å²) in [6, 6.07) is 6.36. The van der Waals surface area contributed by atoms with Crippen LogP contribution in [0.2, 0.25) is 5.02 Å². The van der Waals surface area contributed by atoms with E-state index in [-0.39, 0.29) is 12.2 Å². The van der Waals surface area contributed by atoms with Crippen LogP contribution in [-0.4, -0.2) is 25.7 Å². The molecule has 3 rings (SSSR count). The number of amides is 1. The van der Waals surface area contributed by atoms with E-state index in [9.17, 15) is 13.6 Å². The minimum Gasteiger partial charge on any atom is -0.486 e. The molecular formula is C16H13ClF2N2O3. The van der Waals surface area contributed by atoms with Crippen LogP contribution in [0.5, 0.6) is 11.5 Å². The molecular weight excluding hydrogens is 342 g/mol. The molecule has 126 valence electrons. The lowest BCUT2D eigenvalue weighted by atomic mass is 10.2. The van der Waals surface area contributed by atoms with E-state index in [0.717, 1.165) is 12.1 Å². The van der Waals surface area contributed by atoms with Gasteiger partial charge in [-0.1, -0.05) is 11.6 Å². The van der Waals surface area contributed by atoms with E-state index in [1.165, 1.54) is 6.07 Å². The van der Waals surface area contributed by atoms with Crippen LogP contribution < -0.4 is 20.1 Å². The van der Waals surface area contributed by atoms with Crippen molar-refractivity contribution in [1.29, 1.82) is 0 Å². The molecule has 1 aliphatic heterocycles. The molecule has 0 aromatic heterocycles. The molecule has 0 atom stereocenters. The summed E-state index contributed by atoms with van der Waals surface area (Å²) < 4.78 is 36.8. The fraction of sp³-hybridized carbons (Fsp3) is 0.188. The monoisotopic (exact) mass is 354 g/mol. The minimum atomic E-state index is -1.03. The highest BCUT2D eigenvalue weighted by atomic mass is 35.5. The Labute approximate surface area is 141 Å². The first-order valence-electron chi connectivity index (χ1n) is 7.11. The standard InChI is InChI=1S/C16H13ClF2N2O3/c17-10-6-14-15(24-4-3-23-14)7-13(10)20-8-16(22)21-9-1-2-11(18)12(19)5-9/h1-2,5-7,20H,3-4,8H2,(H,21,22). The van der Waals surface area contributed by atoms with E-state index in [4.69, 9.17) is 21.1 Å². The molecule has 0 unspecified atom stereocenters. The van der Waals surface area contributed by atoms with Crippen molar-refractivity contribution in [2.24, 2.45) is 0 Å². The van der Waals surface area contributed by atoms with E-state index < -0.39 is 17.5 Å². The molecule has 1 heterocycles. The fourth-order valence-corrected chi connectivity index (χ4v) is 2.37. The summed E-state index contributed by atoms with van der Waals surface area (Å²) >= 11 is 6.12. The number of carbonyl (C=O) groups is 1. The third-order valence-corrected chi connectivity index (χ3v) is 3.59. The second kappa shape index (κ2) is 6.92. The molecule has 0 radical (unpaired) electrons. The minimum absolute atomic E-state index is 0.113. The van der Waals surface area contributed by atoms with Crippen LogP contribution in [0.3, 0.4) is 0 Å². The van der Waals surface area contributed by atoms with Crippen molar-refractivity contribution in [1.82, 2.24) is 0 Å². The second-order valence-corrected chi connectivity index (χ2v) is 5.41. The Morgan fingerprint density at radius 2 is 1.79 bits per heavy atom. The van der Waals surface area contributed by atoms with Gasteiger partial charge in [-0.25, -0.2) is 8.78 Å². The van der Waals surface area contributed by atoms with Gasteiger partial charge in [0, 0.05) is 23.9 Å². The van der Waals surface area contributed by atoms with Crippen molar-refractivity contribution < 1.29 is 23.0 Å². The summed E-state index contributed by atoms with van der Waals surface area (Å²) in [4.78, 5) is 11.9. The Bertz CT molecular complexity index is 786. The molecule has 0 saturated heterocycles. The van der Waals surface area contributed by atoms with E-state index in [1.807, 2.05) is 0 Å². The van der Waals surface area contributed by atoms with Gasteiger partial charge in [0.05, 0.1) is 17.3 Å². The lowest BCUT2D eigenvalue weighted by molar-refractivity contribution is -0.114. The molecule has 0 saturated carbocycles. The summed E-state index contributed by atoms with van der Waals surface area (Å²) in [7, 11) is 0. The van der Waals surface area contributed by atoms with Gasteiger partial charge in [0.25, 0.3) is 0 Å². The molecule has 1 amide bonds. The smallest absolute Gasteiger partial charge is 0.243 e. The lowest BCUT2D eigenvalue weighted by Gasteiger charge is -2.20. The summed E-state index contributed by atoms with van der Waals surface area (Å²) in [5.41, 5.74) is 0.662. The zero-order valence-corrected chi connectivity index (χ0v) is 13.1. The Morgan fingerprint density at radius 3 is 2.50 bits per heavy atom. The SMILES string of the molecule is O=C(CNc1cc2c(cc1Cl)OCCO2)Nc1ccc(F)c(F)c1. The summed E-state index contributed by atoms with van der Waals surface area (Å²) in [6.07, 6.45) is 0. The quantitative estimate of drug-likeness (QED) is 0.883. The van der Waals surface area contributed by atoms with Crippen molar-refractivity contribution in [2.75, 3.05) is 30.4 Å². The molecule has 1 aliphatic rings. The number of hydrogen-bond acceptors (Lipinski definition) is 4. The van der Waals surface area contributed by atoms with E-state index in [0.29, 0.717) is 35.4 Å². The van der Waals surface area contributed by atoms with Crippen LogP contribution in [0.15, 0.2) is 30.3 Å². The maximum atomic E-state index is 13.1. The first kappa shape index (κ1) is 16.3. The molecule has 0 bridgehead atoms. The maximum absolute atomic E-state index is 13.1. The number of carbonyl (C=O) groups excluding carboxylic acids is 1. The number of benzene rings is 2. The van der Waals surface area contributed by atoms with Crippen LogP contribution in [0.4, 0.5) is 20.2 Å². The van der Waals surface area contributed by atoms with Crippen molar-refractivity contribution in [3.63, 3.8) is 0 Å². The predicted octanol–water partition coefficient (Wildman–Crippen LogP) is 3.44. The van der Waals surface area contributed by atoms with Gasteiger partial charge in [-0.15, -0.1) is 0 Å². The maximum Gasteiger partial charge on any atom is 0.243 e. The Hall–Kier alpha value is -2.54. The highest BCUT2D eigenvalue weighted by Gasteiger charge is 2.15. The van der Waals surface area contributed by atoms with Crippen molar-refractivity contribution in [3.8, 4) is 11.5 Å². The summed E-state index contributed by atoms with van der Waals surface area (Å²) in [5.74, 6) is -1.37. The van der Waals surface area contributed by atoms with Gasteiger partial charge in [-0.2, -0.15) is 0 Å². The van der Waals surface area contributed by atoms with Crippen LogP contribution in [0, 0.1) is 11.6 Å². The van der Waals surface area contributed by atoms with Gasteiger partial charge in [-0.05, 0) is 12.1 Å². The second-order valence-electron chi connectivity index (χ2n) is 5.01. The van der Waals surface area contributed by atoms with Gasteiger partial charge in [0.2, 0.25) is 5.91 Å². The van der Waals surface area contributed by atoms with Crippen LogP contribution in [0.25, 0.3) is 0 Å². The number of rotatable bonds is 4. The number of hydrogen-bond donors (Lipinski definition) is 2. The molecule has 5 nitrogen and oxygen atoms in total. The highest BCUT2D eigenvalue weighted by molar-refractivity contribution is 6.33. The van der Waals surface area contributed by atoms with Gasteiger partial charge in [0.1, 0.15) is 13.2 Å². The van der Waals surface area contributed by atoms with Crippen LogP contribution in [0.1, 0.15) is 0 Å². The van der Waals surface area contributed by atoms with E-state index in [1.54, 1.807) is 12.1 Å². The molecule has 2 aromatic rings. The molecule has 24 heavy (non-hydrogen) atoms. The van der Waals surface area contributed by atoms with Crippen molar-refractivity contribution in [3.05, 3.63) is 47.0 Å². The molecule has 0 spiro atoms. The first-order chi connectivity index (χ1) is 11.5. The van der Waals surface area contributed by atoms with E-state index in [2.05, 4.69) is 10.6 Å². The number of anilines is 2. The molecule has 2 N–H and O–H groups in total. The zero-order valence-electron chi connectivity index (χ0n) is 12.4. The molecule has 0 aliphatic carbocycles. The normalized spacial score (nSPS) is 12.6. The number of halogens is 3. The highest BCUT2D eigenvalue weighted by Crippen LogP contribution is 2.37. The van der Waals surface area contributed by atoms with Gasteiger partial charge in [-0.3, -0.25) is 4.79 Å². The van der Waals surface area contributed by atoms with Crippen molar-refractivity contribution >= 4 is 28.9 Å².